The molecule has 0 bridgehead atoms. The lowest BCUT2D eigenvalue weighted by Crippen LogP contribution is -2.47. The van der Waals surface area contributed by atoms with Gasteiger partial charge in [0.25, 0.3) is 0 Å². The highest BCUT2D eigenvalue weighted by molar-refractivity contribution is 5.47. The van der Waals surface area contributed by atoms with Gasteiger partial charge in [0.15, 0.2) is 0 Å². The van der Waals surface area contributed by atoms with Gasteiger partial charge in [0, 0.05) is 11.1 Å². The van der Waals surface area contributed by atoms with E-state index in [1.165, 1.54) is 252 Å². The minimum atomic E-state index is -2.33. The van der Waals surface area contributed by atoms with Crippen LogP contribution in [0, 0.1) is 0 Å². The number of nitrogens with zero attached hydrogens (tertiary/aromatic N) is 2. The summed E-state index contributed by atoms with van der Waals surface area (Å²) in [5, 5.41) is 16.7. The second-order valence-corrected chi connectivity index (χ2v) is 18.1. The minimum Gasteiger partial charge on any atom is -0.652 e. The number of quaternary nitrogens is 2. The molecule has 0 saturated carbocycles. The second-order valence-electron chi connectivity index (χ2n) is 18.1. The highest BCUT2D eigenvalue weighted by Gasteiger charge is 2.24. The van der Waals surface area contributed by atoms with E-state index in [1.54, 1.807) is 0 Å². The van der Waals surface area contributed by atoms with Crippen LogP contribution in [0.2, 0.25) is 0 Å². The summed E-state index contributed by atoms with van der Waals surface area (Å²) in [6, 6.07) is 22.2. The molecule has 5 heteroatoms. The summed E-state index contributed by atoms with van der Waals surface area (Å²) in [6.07, 6.45) is 38.1. The van der Waals surface area contributed by atoms with Crippen molar-refractivity contribution in [2.45, 2.75) is 234 Å². The number of benzene rings is 2. The van der Waals surface area contributed by atoms with Gasteiger partial charge in [-0.1, -0.05) is 229 Å². The second kappa shape index (κ2) is 42.0. The van der Waals surface area contributed by atoms with Crippen molar-refractivity contribution in [3.05, 3.63) is 71.8 Å². The lowest BCUT2D eigenvalue weighted by molar-refractivity contribution is -0.938. The molecule has 0 fully saturated rings. The molecular weight excluding hydrogens is 737 g/mol. The van der Waals surface area contributed by atoms with Gasteiger partial charge in [-0.3, -0.25) is 0 Å². The molecule has 0 amide bonds. The maximum absolute atomic E-state index is 8.33. The Balaban J connectivity index is 0.00000106. The molecule has 0 aliphatic rings. The molecule has 348 valence electrons. The zero-order valence-corrected chi connectivity index (χ0v) is 40.8. The Hall–Kier alpha value is -2.37. The van der Waals surface area contributed by atoms with E-state index in [0.717, 1.165) is 0 Å². The Morgan fingerprint density at radius 3 is 0.750 bits per heavy atom. The Labute approximate surface area is 374 Å². The summed E-state index contributed by atoms with van der Waals surface area (Å²) < 4.78 is 2.50. The number of carbonyl (C=O) groups is 1. The first-order valence-electron chi connectivity index (χ1n) is 25.9. The van der Waals surface area contributed by atoms with Gasteiger partial charge in [0.05, 0.1) is 39.3 Å². The summed E-state index contributed by atoms with van der Waals surface area (Å²) in [5.41, 5.74) is 2.99. The van der Waals surface area contributed by atoms with E-state index in [2.05, 4.69) is 102 Å². The summed E-state index contributed by atoms with van der Waals surface area (Å²) in [5.74, 6) is 0. The summed E-state index contributed by atoms with van der Waals surface area (Å²) in [7, 11) is 0. The molecule has 60 heavy (non-hydrogen) atoms. The van der Waals surface area contributed by atoms with Crippen LogP contribution < -0.4 is 10.2 Å². The van der Waals surface area contributed by atoms with E-state index in [9.17, 15) is 0 Å². The molecular formula is C55H100N2O3. The van der Waals surface area contributed by atoms with Crippen LogP contribution in [-0.2, 0) is 13.1 Å². The zero-order chi connectivity index (χ0) is 44.3. The molecule has 0 saturated heterocycles. The Morgan fingerprint density at radius 2 is 0.550 bits per heavy atom. The number of hydrogen-bond donors (Lipinski definition) is 0. The highest BCUT2D eigenvalue weighted by Crippen LogP contribution is 2.20. The average molecular weight is 837 g/mol. The van der Waals surface area contributed by atoms with E-state index in [0.29, 0.717) is 0 Å². The van der Waals surface area contributed by atoms with Crippen molar-refractivity contribution in [2.24, 2.45) is 0 Å². The Kier molecular flexibility index (Phi) is 40.3. The van der Waals surface area contributed by atoms with E-state index in [-0.39, 0.29) is 0 Å². The topological polar surface area (TPSA) is 63.2 Å². The molecule has 2 aromatic rings. The maximum atomic E-state index is 8.33. The quantitative estimate of drug-likeness (QED) is 0.0500. The molecule has 0 N–H and O–H groups in total. The van der Waals surface area contributed by atoms with Gasteiger partial charge in [-0.2, -0.15) is 0 Å². The third kappa shape index (κ3) is 34.2. The van der Waals surface area contributed by atoms with Gasteiger partial charge in [0.2, 0.25) is 0 Å². The van der Waals surface area contributed by atoms with E-state index < -0.39 is 6.16 Å². The number of carboxylic acid groups (broad SMARTS) is 2. The molecule has 0 heterocycles. The predicted molar refractivity (Wildman–Crippen MR) is 259 cm³/mol. The van der Waals surface area contributed by atoms with Crippen LogP contribution in [0.5, 0.6) is 0 Å². The lowest BCUT2D eigenvalue weighted by Gasteiger charge is -2.37. The SMILES string of the molecule is CCCCCCCCCCCCCCCC[N+](CC)(CC)Cc1ccccc1.CCCCCCCCCCCCCCCC[N+](CC)(CC)Cc1ccccc1.O=C([O-])[O-]. The van der Waals surface area contributed by atoms with Crippen LogP contribution in [0.15, 0.2) is 60.7 Å². The van der Waals surface area contributed by atoms with Gasteiger partial charge in [0.1, 0.15) is 13.1 Å². The van der Waals surface area contributed by atoms with Gasteiger partial charge in [-0.15, -0.1) is 0 Å². The van der Waals surface area contributed by atoms with Crippen LogP contribution in [0.4, 0.5) is 4.79 Å². The molecule has 0 radical (unpaired) electrons. The van der Waals surface area contributed by atoms with Crippen LogP contribution in [-0.4, -0.2) is 54.4 Å². The largest absolute Gasteiger partial charge is 0.652 e. The monoisotopic (exact) mass is 837 g/mol. The van der Waals surface area contributed by atoms with E-state index >= 15 is 0 Å². The van der Waals surface area contributed by atoms with Gasteiger partial charge < -0.3 is 24.0 Å². The fourth-order valence-corrected chi connectivity index (χ4v) is 8.91. The molecule has 5 nitrogen and oxygen atoms in total. The first-order valence-corrected chi connectivity index (χ1v) is 25.9. The van der Waals surface area contributed by atoms with Crippen molar-refractivity contribution >= 4 is 6.16 Å². The summed E-state index contributed by atoms with van der Waals surface area (Å²) >= 11 is 0. The van der Waals surface area contributed by atoms with Gasteiger partial charge in [-0.05, 0) is 59.5 Å². The number of rotatable bonds is 38. The standard InChI is InChI=1S/2C27H50N.CH2O3/c2*1-4-7-8-9-10-11-12-13-14-15-16-17-18-22-25-28(5-2,6-3)26-27-23-20-19-21-24-27;2-1(3)4/h2*19-21,23-24H,4-18,22,25-26H2,1-3H3;(H2,2,3,4)/q2*+1;/p-2. The minimum absolute atomic E-state index is 1.20. The van der Waals surface area contributed by atoms with Crippen LogP contribution in [0.1, 0.15) is 232 Å². The van der Waals surface area contributed by atoms with Gasteiger partial charge in [-0.25, -0.2) is 0 Å². The highest BCUT2D eigenvalue weighted by atomic mass is 16.6. The lowest BCUT2D eigenvalue weighted by atomic mass is 10.0. The van der Waals surface area contributed by atoms with Crippen molar-refractivity contribution in [1.29, 1.82) is 0 Å². The number of carbonyl (C=O) groups excluding carboxylic acids is 1. The van der Waals surface area contributed by atoms with Crippen LogP contribution in [0.3, 0.4) is 0 Å². The Morgan fingerprint density at radius 1 is 0.350 bits per heavy atom. The van der Waals surface area contributed by atoms with E-state index in [4.69, 9.17) is 15.0 Å². The third-order valence-electron chi connectivity index (χ3n) is 13.4. The van der Waals surface area contributed by atoms with Crippen LogP contribution in [0.25, 0.3) is 0 Å². The Bertz CT molecular complexity index is 1060. The molecule has 0 atom stereocenters. The van der Waals surface area contributed by atoms with Crippen molar-refractivity contribution in [3.63, 3.8) is 0 Å². The molecule has 2 rings (SSSR count). The molecule has 0 aromatic heterocycles. The maximum Gasteiger partial charge on any atom is 0.104 e. The summed E-state index contributed by atoms with van der Waals surface area (Å²) in [6.45, 7) is 24.2. The molecule has 0 unspecified atom stereocenters. The van der Waals surface area contributed by atoms with Gasteiger partial charge >= 0.3 is 0 Å². The fourth-order valence-electron chi connectivity index (χ4n) is 8.91. The molecule has 0 aliphatic carbocycles. The fraction of sp³-hybridized carbons (Fsp3) is 0.764. The average Bonchev–Trinajstić information content (AvgIpc) is 3.26. The van der Waals surface area contributed by atoms with Crippen molar-refractivity contribution in [2.75, 3.05) is 39.3 Å². The molecule has 0 aliphatic heterocycles. The van der Waals surface area contributed by atoms with Crippen molar-refractivity contribution < 1.29 is 24.0 Å². The zero-order valence-electron chi connectivity index (χ0n) is 40.8. The first kappa shape index (κ1) is 57.6. The molecule has 2 aromatic carbocycles. The van der Waals surface area contributed by atoms with Crippen LogP contribution >= 0.6 is 0 Å². The first-order chi connectivity index (χ1) is 29.3. The van der Waals surface area contributed by atoms with Crippen molar-refractivity contribution in [1.82, 2.24) is 0 Å². The predicted octanol–water partition coefficient (Wildman–Crippen LogP) is 14.6. The smallest absolute Gasteiger partial charge is 0.104 e. The number of unbranched alkanes of at least 4 members (excludes halogenated alkanes) is 26. The molecule has 0 spiro atoms. The van der Waals surface area contributed by atoms with E-state index in [1.807, 2.05) is 0 Å². The normalized spacial score (nSPS) is 11.4. The summed E-state index contributed by atoms with van der Waals surface area (Å²) in [4.78, 5) is 8.33. The van der Waals surface area contributed by atoms with Crippen molar-refractivity contribution in [3.8, 4) is 0 Å². The number of hydrogen-bond acceptors (Lipinski definition) is 3. The third-order valence-corrected chi connectivity index (χ3v) is 13.4.